The van der Waals surface area contributed by atoms with Gasteiger partial charge in [-0.2, -0.15) is 0 Å². The van der Waals surface area contributed by atoms with E-state index in [4.69, 9.17) is 5.73 Å². The smallest absolute Gasteiger partial charge is 0.00793 e. The molecule has 0 aromatic carbocycles. The molecule has 0 aromatic rings. The van der Waals surface area contributed by atoms with Gasteiger partial charge in [0.2, 0.25) is 0 Å². The molecule has 6 aliphatic carbocycles. The van der Waals surface area contributed by atoms with Gasteiger partial charge >= 0.3 is 0 Å². The molecule has 0 amide bonds. The summed E-state index contributed by atoms with van der Waals surface area (Å²) in [5.74, 6) is 6.29. The number of fused-ring (bicyclic) bond motifs is 6. The lowest BCUT2D eigenvalue weighted by molar-refractivity contribution is 0.0616. The third-order valence-corrected chi connectivity index (χ3v) is 9.10. The fourth-order valence-corrected chi connectivity index (χ4v) is 7.50. The van der Waals surface area contributed by atoms with Crippen LogP contribution in [0.15, 0.2) is 0 Å². The van der Waals surface area contributed by atoms with Gasteiger partial charge in [0.1, 0.15) is 0 Å². The van der Waals surface area contributed by atoms with E-state index in [9.17, 15) is 0 Å². The Morgan fingerprint density at radius 1 is 0.576 bits per heavy atom. The van der Waals surface area contributed by atoms with Gasteiger partial charge in [-0.05, 0) is 86.9 Å². The van der Waals surface area contributed by atoms with Gasteiger partial charge in [-0.1, -0.05) is 25.7 Å². The molecule has 6 rings (SSSR count). The first-order chi connectivity index (χ1) is 14.3. The second kappa shape index (κ2) is 18.3. The number of nitrogens with one attached hydrogen (secondary N) is 3. The molecule has 33 heavy (non-hydrogen) atoms. The standard InChI is InChI=1S/C25H48N4.4ClH/c26-9-10-27-11-12-28-13-14-29-25(17-23-15-19-1-5-21(23)6-2-19)18-24-16-20-3-7-22(24)8-4-20;;;;/h19-25,27-29H,1-18,26H2;4*1H. The summed E-state index contributed by atoms with van der Waals surface area (Å²) in [6.45, 7) is 5.95. The van der Waals surface area contributed by atoms with E-state index in [1.165, 1.54) is 64.2 Å². The molecule has 5 N–H and O–H groups in total. The molecule has 2 unspecified atom stereocenters. The predicted molar refractivity (Wildman–Crippen MR) is 152 cm³/mol. The van der Waals surface area contributed by atoms with E-state index < -0.39 is 0 Å². The fraction of sp³-hybridized carbons (Fsp3) is 1.00. The van der Waals surface area contributed by atoms with Crippen LogP contribution >= 0.6 is 49.6 Å². The van der Waals surface area contributed by atoms with E-state index in [0.717, 1.165) is 80.8 Å². The maximum absolute atomic E-state index is 5.53. The zero-order valence-corrected chi connectivity index (χ0v) is 23.7. The number of rotatable bonds is 13. The minimum Gasteiger partial charge on any atom is -0.329 e. The van der Waals surface area contributed by atoms with Crippen molar-refractivity contribution in [3.05, 3.63) is 0 Å². The Morgan fingerprint density at radius 3 is 1.39 bits per heavy atom. The molecular weight excluding hydrogens is 498 g/mol. The zero-order valence-electron chi connectivity index (χ0n) is 20.5. The molecule has 0 spiro atoms. The number of hydrogen-bond donors (Lipinski definition) is 4. The third-order valence-electron chi connectivity index (χ3n) is 9.10. The Morgan fingerprint density at radius 2 is 1.00 bits per heavy atom. The molecule has 8 heteroatoms. The Labute approximate surface area is 228 Å². The van der Waals surface area contributed by atoms with Gasteiger partial charge in [-0.15, -0.1) is 49.6 Å². The molecule has 6 saturated carbocycles. The Bertz CT molecular complexity index is 439. The second-order valence-corrected chi connectivity index (χ2v) is 11.0. The summed E-state index contributed by atoms with van der Waals surface area (Å²) >= 11 is 0. The Balaban J connectivity index is 0.00000256. The van der Waals surface area contributed by atoms with Gasteiger partial charge in [0.05, 0.1) is 0 Å². The average molecular weight is 551 g/mol. The highest BCUT2D eigenvalue weighted by Crippen LogP contribution is 2.49. The van der Waals surface area contributed by atoms with Crippen molar-refractivity contribution >= 4 is 49.6 Å². The molecule has 6 aliphatic rings. The van der Waals surface area contributed by atoms with E-state index in [2.05, 4.69) is 16.0 Å². The van der Waals surface area contributed by atoms with Crippen LogP contribution in [0, 0.1) is 35.5 Å². The highest BCUT2D eigenvalue weighted by atomic mass is 35.5. The van der Waals surface area contributed by atoms with Gasteiger partial charge in [0.15, 0.2) is 0 Å². The van der Waals surface area contributed by atoms with Crippen LogP contribution in [0.1, 0.15) is 77.0 Å². The number of halogens is 4. The Kier molecular flexibility index (Phi) is 18.8. The van der Waals surface area contributed by atoms with Crippen molar-refractivity contribution in [3.8, 4) is 0 Å². The van der Waals surface area contributed by atoms with Crippen LogP contribution in [0.3, 0.4) is 0 Å². The van der Waals surface area contributed by atoms with Crippen molar-refractivity contribution in [2.45, 2.75) is 83.1 Å². The quantitative estimate of drug-likeness (QED) is 0.238. The number of hydrogen-bond acceptors (Lipinski definition) is 4. The number of nitrogens with two attached hydrogens (primary N) is 1. The third kappa shape index (κ3) is 10.5. The molecule has 0 saturated heterocycles. The van der Waals surface area contributed by atoms with Crippen LogP contribution in [0.2, 0.25) is 0 Å². The van der Waals surface area contributed by atoms with E-state index in [-0.39, 0.29) is 49.6 Å². The van der Waals surface area contributed by atoms with E-state index in [1.54, 1.807) is 12.8 Å². The molecule has 4 bridgehead atoms. The van der Waals surface area contributed by atoms with Gasteiger partial charge < -0.3 is 21.7 Å². The largest absolute Gasteiger partial charge is 0.329 e. The lowest BCUT2D eigenvalue weighted by atomic mass is 9.61. The summed E-state index contributed by atoms with van der Waals surface area (Å²) in [6.07, 6.45) is 18.3. The molecule has 0 heterocycles. The minimum atomic E-state index is 0. The van der Waals surface area contributed by atoms with Gasteiger partial charge in [0.25, 0.3) is 0 Å². The predicted octanol–water partition coefficient (Wildman–Crippen LogP) is 5.20. The molecule has 4 nitrogen and oxygen atoms in total. The fourth-order valence-electron chi connectivity index (χ4n) is 7.50. The second-order valence-electron chi connectivity index (χ2n) is 11.0. The van der Waals surface area contributed by atoms with Gasteiger partial charge in [0, 0.05) is 45.3 Å². The maximum Gasteiger partial charge on any atom is 0.00793 e. The normalized spacial score (nSPS) is 32.6. The molecular formula is C25H52Cl4N4. The lowest BCUT2D eigenvalue weighted by Gasteiger charge is -2.46. The van der Waals surface area contributed by atoms with Crippen LogP contribution in [-0.2, 0) is 0 Å². The zero-order chi connectivity index (χ0) is 19.9. The van der Waals surface area contributed by atoms with Crippen LogP contribution in [0.25, 0.3) is 0 Å². The molecule has 0 aliphatic heterocycles. The monoisotopic (exact) mass is 548 g/mol. The SMILES string of the molecule is Cl.Cl.Cl.Cl.NCCNCCNCCNC(CC1CC2CCC1CC2)CC1CC2CCC1CC2. The minimum absolute atomic E-state index is 0. The molecule has 2 atom stereocenters. The van der Waals surface area contributed by atoms with Crippen molar-refractivity contribution in [1.29, 1.82) is 0 Å². The highest BCUT2D eigenvalue weighted by molar-refractivity contribution is 5.86. The topological polar surface area (TPSA) is 62.1 Å². The van der Waals surface area contributed by atoms with Crippen molar-refractivity contribution < 1.29 is 0 Å². The summed E-state index contributed by atoms with van der Waals surface area (Å²) in [5, 5.41) is 11.0. The summed E-state index contributed by atoms with van der Waals surface area (Å²) in [7, 11) is 0. The summed E-state index contributed by atoms with van der Waals surface area (Å²) < 4.78 is 0. The van der Waals surface area contributed by atoms with E-state index in [1.807, 2.05) is 0 Å². The summed E-state index contributed by atoms with van der Waals surface area (Å²) in [4.78, 5) is 0. The maximum atomic E-state index is 5.53. The first kappa shape index (κ1) is 34.0. The first-order valence-electron chi connectivity index (χ1n) is 13.2. The van der Waals surface area contributed by atoms with Crippen molar-refractivity contribution in [2.24, 2.45) is 41.2 Å². The van der Waals surface area contributed by atoms with Crippen LogP contribution in [0.4, 0.5) is 0 Å². The van der Waals surface area contributed by atoms with Crippen molar-refractivity contribution in [1.82, 2.24) is 16.0 Å². The summed E-state index contributed by atoms with van der Waals surface area (Å²) in [6, 6.07) is 0.765. The molecule has 200 valence electrons. The van der Waals surface area contributed by atoms with E-state index >= 15 is 0 Å². The molecule has 6 fully saturated rings. The summed E-state index contributed by atoms with van der Waals surface area (Å²) in [5.41, 5.74) is 5.53. The van der Waals surface area contributed by atoms with Crippen LogP contribution in [0.5, 0.6) is 0 Å². The van der Waals surface area contributed by atoms with Crippen molar-refractivity contribution in [3.63, 3.8) is 0 Å². The van der Waals surface area contributed by atoms with Crippen molar-refractivity contribution in [2.75, 3.05) is 39.3 Å². The van der Waals surface area contributed by atoms with Gasteiger partial charge in [-0.25, -0.2) is 0 Å². The van der Waals surface area contributed by atoms with Gasteiger partial charge in [-0.3, -0.25) is 0 Å². The highest BCUT2D eigenvalue weighted by Gasteiger charge is 2.39. The first-order valence-corrected chi connectivity index (χ1v) is 13.2. The average Bonchev–Trinajstić information content (AvgIpc) is 2.77. The van der Waals surface area contributed by atoms with E-state index in [0.29, 0.717) is 0 Å². The lowest BCUT2D eigenvalue weighted by Crippen LogP contribution is -2.43. The Hall–Kier alpha value is 1.000. The van der Waals surface area contributed by atoms with Crippen LogP contribution in [-0.4, -0.2) is 45.3 Å². The molecule has 0 radical (unpaired) electrons. The molecule has 0 aromatic heterocycles. The van der Waals surface area contributed by atoms with Crippen LogP contribution < -0.4 is 21.7 Å².